The number of aryl methyl sites for hydroxylation is 1. The Morgan fingerprint density at radius 1 is 1.33 bits per heavy atom. The Kier molecular flexibility index (Phi) is 2.86. The molecule has 0 saturated heterocycles. The third-order valence-electron chi connectivity index (χ3n) is 2.35. The van der Waals surface area contributed by atoms with Crippen LogP contribution in [0.2, 0.25) is 0 Å². The lowest BCUT2D eigenvalue weighted by Crippen LogP contribution is -2.26. The fourth-order valence-electron chi connectivity index (χ4n) is 1.75. The SMILES string of the molecule is Cc1nc2c(c(OC(C)C)n1)CNCC2. The molecule has 0 amide bonds. The molecule has 0 saturated carbocycles. The molecule has 2 rings (SSSR count). The summed E-state index contributed by atoms with van der Waals surface area (Å²) in [6.07, 6.45) is 1.12. The molecule has 2 heterocycles. The van der Waals surface area contributed by atoms with Crippen molar-refractivity contribution in [2.75, 3.05) is 6.54 Å². The molecule has 0 aliphatic carbocycles. The Balaban J connectivity index is 2.38. The first-order valence-corrected chi connectivity index (χ1v) is 5.40. The van der Waals surface area contributed by atoms with Crippen molar-refractivity contribution in [3.8, 4) is 5.88 Å². The van der Waals surface area contributed by atoms with Crippen molar-refractivity contribution < 1.29 is 4.74 Å². The monoisotopic (exact) mass is 207 g/mol. The third kappa shape index (κ3) is 2.26. The van der Waals surface area contributed by atoms with Gasteiger partial charge in [-0.15, -0.1) is 0 Å². The molecule has 1 aromatic heterocycles. The Labute approximate surface area is 90.1 Å². The lowest BCUT2D eigenvalue weighted by atomic mass is 10.1. The van der Waals surface area contributed by atoms with Gasteiger partial charge in [0.1, 0.15) is 5.82 Å². The van der Waals surface area contributed by atoms with Gasteiger partial charge in [-0.2, -0.15) is 4.98 Å². The molecule has 1 aliphatic rings. The van der Waals surface area contributed by atoms with Gasteiger partial charge in [-0.25, -0.2) is 4.98 Å². The molecule has 0 radical (unpaired) electrons. The van der Waals surface area contributed by atoms with Gasteiger partial charge in [0, 0.05) is 25.1 Å². The van der Waals surface area contributed by atoms with Crippen LogP contribution in [-0.4, -0.2) is 22.6 Å². The van der Waals surface area contributed by atoms with E-state index in [2.05, 4.69) is 15.3 Å². The summed E-state index contributed by atoms with van der Waals surface area (Å²) >= 11 is 0. The Morgan fingerprint density at radius 2 is 2.13 bits per heavy atom. The van der Waals surface area contributed by atoms with E-state index in [4.69, 9.17) is 4.74 Å². The molecular weight excluding hydrogens is 190 g/mol. The number of fused-ring (bicyclic) bond motifs is 1. The van der Waals surface area contributed by atoms with Gasteiger partial charge in [0.15, 0.2) is 0 Å². The lowest BCUT2D eigenvalue weighted by Gasteiger charge is -2.20. The summed E-state index contributed by atoms with van der Waals surface area (Å²) < 4.78 is 5.70. The number of rotatable bonds is 2. The summed E-state index contributed by atoms with van der Waals surface area (Å²) in [7, 11) is 0. The lowest BCUT2D eigenvalue weighted by molar-refractivity contribution is 0.227. The van der Waals surface area contributed by atoms with Crippen LogP contribution in [0.5, 0.6) is 5.88 Å². The van der Waals surface area contributed by atoms with Crippen LogP contribution in [0.4, 0.5) is 0 Å². The van der Waals surface area contributed by atoms with Gasteiger partial charge in [-0.1, -0.05) is 0 Å². The van der Waals surface area contributed by atoms with E-state index in [1.54, 1.807) is 0 Å². The first-order chi connectivity index (χ1) is 7.16. The molecule has 15 heavy (non-hydrogen) atoms. The van der Waals surface area contributed by atoms with Gasteiger partial charge in [-0.05, 0) is 20.8 Å². The van der Waals surface area contributed by atoms with E-state index in [0.29, 0.717) is 0 Å². The fourth-order valence-corrected chi connectivity index (χ4v) is 1.75. The fraction of sp³-hybridized carbons (Fsp3) is 0.636. The summed E-state index contributed by atoms with van der Waals surface area (Å²) in [5, 5.41) is 3.31. The average molecular weight is 207 g/mol. The number of nitrogens with zero attached hydrogens (tertiary/aromatic N) is 2. The number of hydrogen-bond acceptors (Lipinski definition) is 4. The molecule has 1 aromatic rings. The van der Waals surface area contributed by atoms with Crippen molar-refractivity contribution in [1.82, 2.24) is 15.3 Å². The first-order valence-electron chi connectivity index (χ1n) is 5.40. The van der Waals surface area contributed by atoms with Crippen LogP contribution >= 0.6 is 0 Å². The molecule has 0 atom stereocenters. The van der Waals surface area contributed by atoms with E-state index in [1.165, 1.54) is 0 Å². The molecule has 0 bridgehead atoms. The standard InChI is InChI=1S/C11H17N3O/c1-7(2)15-11-9-6-12-5-4-10(9)13-8(3)14-11/h7,12H,4-6H2,1-3H3. The van der Waals surface area contributed by atoms with Crippen molar-refractivity contribution in [3.63, 3.8) is 0 Å². The molecule has 82 valence electrons. The Bertz CT molecular complexity index is 363. The summed E-state index contributed by atoms with van der Waals surface area (Å²) in [6.45, 7) is 7.75. The van der Waals surface area contributed by atoms with Gasteiger partial charge in [0.25, 0.3) is 0 Å². The van der Waals surface area contributed by atoms with Gasteiger partial charge in [0.2, 0.25) is 5.88 Å². The van der Waals surface area contributed by atoms with Crippen LogP contribution in [0.3, 0.4) is 0 Å². The normalized spacial score (nSPS) is 15.2. The van der Waals surface area contributed by atoms with Crippen LogP contribution in [-0.2, 0) is 13.0 Å². The minimum Gasteiger partial charge on any atom is -0.475 e. The Hall–Kier alpha value is -1.16. The number of hydrogen-bond donors (Lipinski definition) is 1. The van der Waals surface area contributed by atoms with E-state index in [1.807, 2.05) is 20.8 Å². The quantitative estimate of drug-likeness (QED) is 0.792. The minimum atomic E-state index is 0.158. The van der Waals surface area contributed by atoms with Crippen molar-refractivity contribution in [1.29, 1.82) is 0 Å². The second kappa shape index (κ2) is 4.14. The molecule has 4 heteroatoms. The summed E-state index contributed by atoms with van der Waals surface area (Å²) in [5.74, 6) is 1.55. The van der Waals surface area contributed by atoms with Crippen LogP contribution < -0.4 is 10.1 Å². The largest absolute Gasteiger partial charge is 0.475 e. The maximum absolute atomic E-state index is 5.70. The van der Waals surface area contributed by atoms with Crippen molar-refractivity contribution in [2.24, 2.45) is 0 Å². The average Bonchev–Trinajstić information content (AvgIpc) is 2.16. The zero-order chi connectivity index (χ0) is 10.8. The van der Waals surface area contributed by atoms with Crippen LogP contribution in [0.15, 0.2) is 0 Å². The number of ether oxygens (including phenoxy) is 1. The zero-order valence-electron chi connectivity index (χ0n) is 9.50. The number of aromatic nitrogens is 2. The highest BCUT2D eigenvalue weighted by atomic mass is 16.5. The van der Waals surface area contributed by atoms with E-state index in [-0.39, 0.29) is 6.10 Å². The summed E-state index contributed by atoms with van der Waals surface area (Å²) in [5.41, 5.74) is 2.26. The molecule has 0 unspecified atom stereocenters. The third-order valence-corrected chi connectivity index (χ3v) is 2.35. The molecule has 0 fully saturated rings. The molecule has 1 aliphatic heterocycles. The van der Waals surface area contributed by atoms with Gasteiger partial charge >= 0.3 is 0 Å². The molecule has 0 spiro atoms. The molecule has 1 N–H and O–H groups in total. The van der Waals surface area contributed by atoms with Gasteiger partial charge in [0.05, 0.1) is 11.8 Å². The second-order valence-corrected chi connectivity index (χ2v) is 4.09. The highest BCUT2D eigenvalue weighted by Gasteiger charge is 2.17. The topological polar surface area (TPSA) is 47.0 Å². The summed E-state index contributed by atoms with van der Waals surface area (Å²) in [6, 6.07) is 0. The molecule has 0 aromatic carbocycles. The van der Waals surface area contributed by atoms with Crippen LogP contribution in [0.25, 0.3) is 0 Å². The van der Waals surface area contributed by atoms with E-state index in [9.17, 15) is 0 Å². The van der Waals surface area contributed by atoms with Gasteiger partial charge in [-0.3, -0.25) is 0 Å². The molecular formula is C11H17N3O. The van der Waals surface area contributed by atoms with Crippen molar-refractivity contribution in [3.05, 3.63) is 17.1 Å². The maximum atomic E-state index is 5.70. The predicted molar refractivity (Wildman–Crippen MR) is 57.9 cm³/mol. The smallest absolute Gasteiger partial charge is 0.221 e. The van der Waals surface area contributed by atoms with Crippen LogP contribution in [0, 0.1) is 6.92 Å². The predicted octanol–water partition coefficient (Wildman–Crippen LogP) is 1.22. The first kappa shape index (κ1) is 10.4. The Morgan fingerprint density at radius 3 is 2.87 bits per heavy atom. The summed E-state index contributed by atoms with van der Waals surface area (Å²) in [4.78, 5) is 8.80. The van der Waals surface area contributed by atoms with E-state index in [0.717, 1.165) is 42.5 Å². The van der Waals surface area contributed by atoms with Crippen molar-refractivity contribution >= 4 is 0 Å². The maximum Gasteiger partial charge on any atom is 0.221 e. The van der Waals surface area contributed by atoms with Crippen molar-refractivity contribution in [2.45, 2.75) is 39.8 Å². The van der Waals surface area contributed by atoms with E-state index < -0.39 is 0 Å². The second-order valence-electron chi connectivity index (χ2n) is 4.09. The van der Waals surface area contributed by atoms with Gasteiger partial charge < -0.3 is 10.1 Å². The zero-order valence-corrected chi connectivity index (χ0v) is 9.50. The highest BCUT2D eigenvalue weighted by molar-refractivity contribution is 5.32. The highest BCUT2D eigenvalue weighted by Crippen LogP contribution is 2.22. The minimum absolute atomic E-state index is 0.158. The molecule has 4 nitrogen and oxygen atoms in total. The van der Waals surface area contributed by atoms with E-state index >= 15 is 0 Å². The number of nitrogens with one attached hydrogen (secondary N) is 1. The van der Waals surface area contributed by atoms with Crippen LogP contribution in [0.1, 0.15) is 30.9 Å².